The number of methoxy groups -OCH3 is 1. The number of hydrogen-bond acceptors (Lipinski definition) is 4. The van der Waals surface area contributed by atoms with Gasteiger partial charge in [-0.1, -0.05) is 6.07 Å². The second-order valence-electron chi connectivity index (χ2n) is 4.13. The Kier molecular flexibility index (Phi) is 3.84. The molecule has 18 heavy (non-hydrogen) atoms. The fraction of sp³-hybridized carbons (Fsp3) is 0.308. The molecule has 5 nitrogen and oxygen atoms in total. The van der Waals surface area contributed by atoms with Gasteiger partial charge < -0.3 is 15.2 Å². The molecule has 2 aromatic rings. The van der Waals surface area contributed by atoms with E-state index in [0.717, 1.165) is 17.7 Å². The molecule has 0 atom stereocenters. The van der Waals surface area contributed by atoms with Crippen LogP contribution in [-0.4, -0.2) is 22.0 Å². The number of hydrogen-bond donors (Lipinski definition) is 2. The summed E-state index contributed by atoms with van der Waals surface area (Å²) in [5.74, 6) is 0.657. The lowest BCUT2D eigenvalue weighted by molar-refractivity contribution is 0.373. The van der Waals surface area contributed by atoms with E-state index in [0.29, 0.717) is 12.3 Å². The van der Waals surface area contributed by atoms with Crippen molar-refractivity contribution in [2.45, 2.75) is 13.1 Å². The van der Waals surface area contributed by atoms with E-state index in [-0.39, 0.29) is 5.75 Å². The molecule has 1 aromatic carbocycles. The number of phenols is 1. The van der Waals surface area contributed by atoms with Crippen molar-refractivity contribution < 1.29 is 9.84 Å². The van der Waals surface area contributed by atoms with Crippen molar-refractivity contribution in [1.29, 1.82) is 0 Å². The Bertz CT molecular complexity index is 523. The number of aromatic nitrogens is 2. The highest BCUT2D eigenvalue weighted by molar-refractivity contribution is 5.41. The summed E-state index contributed by atoms with van der Waals surface area (Å²) in [6.07, 6.45) is 3.80. The minimum atomic E-state index is 0.165. The highest BCUT2D eigenvalue weighted by atomic mass is 16.5. The van der Waals surface area contributed by atoms with Gasteiger partial charge in [0.05, 0.1) is 13.3 Å². The SMILES string of the molecule is COc1ccc(CNCc2cnn(C)c2)cc1O. The van der Waals surface area contributed by atoms with Gasteiger partial charge in [0.15, 0.2) is 11.5 Å². The Morgan fingerprint density at radius 1 is 1.33 bits per heavy atom. The van der Waals surface area contributed by atoms with E-state index in [1.54, 1.807) is 16.8 Å². The van der Waals surface area contributed by atoms with Crippen molar-refractivity contribution in [3.63, 3.8) is 0 Å². The van der Waals surface area contributed by atoms with Gasteiger partial charge in [0.1, 0.15) is 0 Å². The normalized spacial score (nSPS) is 10.6. The first-order valence-electron chi connectivity index (χ1n) is 5.73. The summed E-state index contributed by atoms with van der Waals surface area (Å²) in [5.41, 5.74) is 2.15. The molecule has 2 rings (SSSR count). The largest absolute Gasteiger partial charge is 0.504 e. The molecule has 1 aromatic heterocycles. The smallest absolute Gasteiger partial charge is 0.160 e. The van der Waals surface area contributed by atoms with E-state index >= 15 is 0 Å². The molecule has 0 spiro atoms. The maximum atomic E-state index is 9.64. The Morgan fingerprint density at radius 2 is 2.11 bits per heavy atom. The molecule has 0 saturated heterocycles. The van der Waals surface area contributed by atoms with Crippen molar-refractivity contribution in [2.75, 3.05) is 7.11 Å². The first-order chi connectivity index (χ1) is 8.69. The molecule has 0 unspecified atom stereocenters. The third kappa shape index (κ3) is 3.01. The van der Waals surface area contributed by atoms with Gasteiger partial charge in [0.2, 0.25) is 0 Å². The molecule has 0 fully saturated rings. The standard InChI is InChI=1S/C13H17N3O2/c1-16-9-11(8-15-16)7-14-6-10-3-4-13(18-2)12(17)5-10/h3-5,8-9,14,17H,6-7H2,1-2H3. The first kappa shape index (κ1) is 12.4. The number of benzene rings is 1. The van der Waals surface area contributed by atoms with E-state index in [1.165, 1.54) is 7.11 Å². The highest BCUT2D eigenvalue weighted by Crippen LogP contribution is 2.26. The van der Waals surface area contributed by atoms with Crippen LogP contribution in [0.4, 0.5) is 0 Å². The monoisotopic (exact) mass is 247 g/mol. The zero-order chi connectivity index (χ0) is 13.0. The Balaban J connectivity index is 1.88. The molecule has 0 bridgehead atoms. The van der Waals surface area contributed by atoms with Crippen LogP contribution in [0.25, 0.3) is 0 Å². The molecule has 2 N–H and O–H groups in total. The number of aryl methyl sites for hydroxylation is 1. The molecule has 0 aliphatic carbocycles. The summed E-state index contributed by atoms with van der Waals surface area (Å²) >= 11 is 0. The summed E-state index contributed by atoms with van der Waals surface area (Å²) in [6.45, 7) is 1.44. The van der Waals surface area contributed by atoms with E-state index in [1.807, 2.05) is 25.5 Å². The minimum absolute atomic E-state index is 0.165. The average Bonchev–Trinajstić information content (AvgIpc) is 2.75. The fourth-order valence-corrected chi connectivity index (χ4v) is 1.76. The molecule has 0 aliphatic heterocycles. The van der Waals surface area contributed by atoms with Crippen LogP contribution in [0, 0.1) is 0 Å². The van der Waals surface area contributed by atoms with Gasteiger partial charge in [0.25, 0.3) is 0 Å². The van der Waals surface area contributed by atoms with Gasteiger partial charge in [-0.3, -0.25) is 4.68 Å². The van der Waals surface area contributed by atoms with Crippen molar-refractivity contribution in [1.82, 2.24) is 15.1 Å². The number of aromatic hydroxyl groups is 1. The van der Waals surface area contributed by atoms with Crippen molar-refractivity contribution >= 4 is 0 Å². The molecule has 0 saturated carbocycles. The summed E-state index contributed by atoms with van der Waals surface area (Å²) in [4.78, 5) is 0. The van der Waals surface area contributed by atoms with Gasteiger partial charge in [-0.25, -0.2) is 0 Å². The molecule has 0 radical (unpaired) electrons. The van der Waals surface area contributed by atoms with Crippen molar-refractivity contribution in [3.05, 3.63) is 41.7 Å². The summed E-state index contributed by atoms with van der Waals surface area (Å²) in [7, 11) is 3.43. The molecular formula is C13H17N3O2. The molecule has 96 valence electrons. The molecular weight excluding hydrogens is 230 g/mol. The van der Waals surface area contributed by atoms with Crippen LogP contribution in [0.1, 0.15) is 11.1 Å². The number of nitrogens with one attached hydrogen (secondary N) is 1. The van der Waals surface area contributed by atoms with Gasteiger partial charge in [-0.05, 0) is 17.7 Å². The fourth-order valence-electron chi connectivity index (χ4n) is 1.76. The van der Waals surface area contributed by atoms with Crippen LogP contribution in [0.2, 0.25) is 0 Å². The molecule has 0 aliphatic rings. The zero-order valence-electron chi connectivity index (χ0n) is 10.6. The van der Waals surface area contributed by atoms with E-state index in [4.69, 9.17) is 4.74 Å². The average molecular weight is 247 g/mol. The summed E-state index contributed by atoms with van der Waals surface area (Å²) < 4.78 is 6.77. The predicted molar refractivity (Wildman–Crippen MR) is 68.4 cm³/mol. The van der Waals surface area contributed by atoms with Gasteiger partial charge in [-0.15, -0.1) is 0 Å². The van der Waals surface area contributed by atoms with Gasteiger partial charge in [-0.2, -0.15) is 5.10 Å². The first-order valence-corrected chi connectivity index (χ1v) is 5.73. The maximum absolute atomic E-state index is 9.64. The van der Waals surface area contributed by atoms with Crippen LogP contribution in [-0.2, 0) is 20.1 Å². The van der Waals surface area contributed by atoms with E-state index < -0.39 is 0 Å². The van der Waals surface area contributed by atoms with Crippen LogP contribution >= 0.6 is 0 Å². The number of phenolic OH excluding ortho intramolecular Hbond substituents is 1. The summed E-state index contributed by atoms with van der Waals surface area (Å²) in [5, 5.41) is 17.0. The second kappa shape index (κ2) is 5.55. The van der Waals surface area contributed by atoms with Gasteiger partial charge >= 0.3 is 0 Å². The second-order valence-corrected chi connectivity index (χ2v) is 4.13. The number of nitrogens with zero attached hydrogens (tertiary/aromatic N) is 2. The maximum Gasteiger partial charge on any atom is 0.160 e. The van der Waals surface area contributed by atoms with Crippen LogP contribution in [0.5, 0.6) is 11.5 Å². The topological polar surface area (TPSA) is 59.3 Å². The minimum Gasteiger partial charge on any atom is -0.504 e. The van der Waals surface area contributed by atoms with Crippen molar-refractivity contribution in [2.24, 2.45) is 7.05 Å². The van der Waals surface area contributed by atoms with Gasteiger partial charge in [0, 0.05) is 31.9 Å². The Labute approximate surface area is 106 Å². The third-order valence-corrected chi connectivity index (χ3v) is 2.66. The van der Waals surface area contributed by atoms with E-state index in [2.05, 4.69) is 10.4 Å². The summed E-state index contributed by atoms with van der Waals surface area (Å²) in [6, 6.07) is 5.39. The quantitative estimate of drug-likeness (QED) is 0.839. The predicted octanol–water partition coefficient (Wildman–Crippen LogP) is 1.42. The number of ether oxygens (including phenoxy) is 1. The lowest BCUT2D eigenvalue weighted by atomic mass is 10.2. The highest BCUT2D eigenvalue weighted by Gasteiger charge is 2.02. The Hall–Kier alpha value is -2.01. The van der Waals surface area contributed by atoms with Crippen LogP contribution in [0.15, 0.2) is 30.6 Å². The zero-order valence-corrected chi connectivity index (χ0v) is 10.6. The van der Waals surface area contributed by atoms with Crippen LogP contribution < -0.4 is 10.1 Å². The van der Waals surface area contributed by atoms with Crippen molar-refractivity contribution in [3.8, 4) is 11.5 Å². The lowest BCUT2D eigenvalue weighted by Gasteiger charge is -2.07. The van der Waals surface area contributed by atoms with E-state index in [9.17, 15) is 5.11 Å². The van der Waals surface area contributed by atoms with Crippen LogP contribution in [0.3, 0.4) is 0 Å². The molecule has 5 heteroatoms. The molecule has 0 amide bonds. The third-order valence-electron chi connectivity index (χ3n) is 2.66. The Morgan fingerprint density at radius 3 is 2.72 bits per heavy atom. The number of rotatable bonds is 5. The molecule has 1 heterocycles. The lowest BCUT2D eigenvalue weighted by Crippen LogP contribution is -2.12.